The number of ether oxygens (including phenoxy) is 2. The van der Waals surface area contributed by atoms with E-state index in [0.717, 1.165) is 58.2 Å². The number of aromatic nitrogens is 2. The first-order chi connectivity index (χ1) is 28.7. The molecule has 2 aromatic heterocycles. The molecule has 1 amide bonds. The molecular weight excluding hydrogens is 745 g/mol. The fraction of sp³-hybridized carbons (Fsp3) is 0.208. The molecule has 0 unspecified atom stereocenters. The van der Waals surface area contributed by atoms with Gasteiger partial charge in [0.2, 0.25) is 11.8 Å². The Bertz CT molecular complexity index is 2400. The summed E-state index contributed by atoms with van der Waals surface area (Å²) in [5.74, 6) is 3.00. The highest BCUT2D eigenvalue weighted by Crippen LogP contribution is 2.24. The molecule has 11 nitrogen and oxygen atoms in total. The Kier molecular flexibility index (Phi) is 14.8. The molecule has 2 N–H and O–H groups in total. The van der Waals surface area contributed by atoms with E-state index in [1.54, 1.807) is 24.3 Å². The summed E-state index contributed by atoms with van der Waals surface area (Å²) in [5.41, 5.74) is 8.91. The number of carbonyl (C=O) groups is 2. The van der Waals surface area contributed by atoms with Gasteiger partial charge in [0.1, 0.15) is 29.6 Å². The lowest BCUT2D eigenvalue weighted by atomic mass is 10.2. The molecule has 302 valence electrons. The SMILES string of the molecule is CCc1cccc(OCCc2nc(-c3ccccc3)oc2C)c1.Cc1oc(-c2ccccc2)nc1CCOc1cccc(CN(CC(=O)O)NC(=O)c2ccccc2)c1. The van der Waals surface area contributed by atoms with E-state index in [9.17, 15) is 14.7 Å². The predicted octanol–water partition coefficient (Wildman–Crippen LogP) is 9.34. The summed E-state index contributed by atoms with van der Waals surface area (Å²) in [6, 6.07) is 43.9. The number of aliphatic carboxylic acids is 1. The molecule has 0 aliphatic heterocycles. The van der Waals surface area contributed by atoms with Crippen LogP contribution in [0.25, 0.3) is 22.9 Å². The van der Waals surface area contributed by atoms with Crippen LogP contribution in [0.5, 0.6) is 11.5 Å². The Labute approximate surface area is 344 Å². The van der Waals surface area contributed by atoms with Crippen LogP contribution in [0.4, 0.5) is 0 Å². The average molecular weight is 793 g/mol. The van der Waals surface area contributed by atoms with Crippen LogP contribution in [-0.4, -0.2) is 51.7 Å². The quantitative estimate of drug-likeness (QED) is 0.0858. The van der Waals surface area contributed by atoms with Crippen molar-refractivity contribution in [2.75, 3.05) is 19.8 Å². The van der Waals surface area contributed by atoms with Crippen molar-refractivity contribution >= 4 is 11.9 Å². The van der Waals surface area contributed by atoms with Crippen molar-refractivity contribution in [3.8, 4) is 34.4 Å². The number of benzene rings is 5. The largest absolute Gasteiger partial charge is 0.493 e. The third kappa shape index (κ3) is 12.5. The van der Waals surface area contributed by atoms with Gasteiger partial charge in [-0.25, -0.2) is 15.0 Å². The van der Waals surface area contributed by atoms with Gasteiger partial charge in [-0.3, -0.25) is 15.0 Å². The zero-order valence-electron chi connectivity index (χ0n) is 33.5. The molecule has 7 rings (SSSR count). The second-order valence-electron chi connectivity index (χ2n) is 13.7. The lowest BCUT2D eigenvalue weighted by Gasteiger charge is -2.21. The predicted molar refractivity (Wildman–Crippen MR) is 226 cm³/mol. The third-order valence-corrected chi connectivity index (χ3v) is 9.24. The highest BCUT2D eigenvalue weighted by Gasteiger charge is 2.16. The summed E-state index contributed by atoms with van der Waals surface area (Å²) in [6.45, 7) is 6.82. The van der Waals surface area contributed by atoms with E-state index in [-0.39, 0.29) is 19.0 Å². The molecule has 0 aliphatic rings. The van der Waals surface area contributed by atoms with Crippen LogP contribution in [0, 0.1) is 13.8 Å². The maximum atomic E-state index is 12.5. The van der Waals surface area contributed by atoms with Gasteiger partial charge in [0.25, 0.3) is 5.91 Å². The van der Waals surface area contributed by atoms with E-state index in [2.05, 4.69) is 34.5 Å². The smallest absolute Gasteiger partial charge is 0.319 e. The number of amides is 1. The van der Waals surface area contributed by atoms with Gasteiger partial charge >= 0.3 is 5.97 Å². The minimum atomic E-state index is -1.05. The van der Waals surface area contributed by atoms with Crippen LogP contribution in [0.15, 0.2) is 148 Å². The number of nitrogens with zero attached hydrogens (tertiary/aromatic N) is 3. The second-order valence-corrected chi connectivity index (χ2v) is 13.7. The third-order valence-electron chi connectivity index (χ3n) is 9.24. The highest BCUT2D eigenvalue weighted by molar-refractivity contribution is 5.93. The number of aryl methyl sites for hydroxylation is 3. The van der Waals surface area contributed by atoms with Gasteiger partial charge in [-0.1, -0.05) is 85.8 Å². The Hall–Kier alpha value is -6.98. The molecule has 11 heteroatoms. The maximum Gasteiger partial charge on any atom is 0.319 e. The summed E-state index contributed by atoms with van der Waals surface area (Å²) in [5, 5.41) is 10.7. The average Bonchev–Trinajstić information content (AvgIpc) is 3.83. The lowest BCUT2D eigenvalue weighted by molar-refractivity contribution is -0.139. The van der Waals surface area contributed by atoms with Gasteiger partial charge in [0, 0.05) is 36.1 Å². The summed E-state index contributed by atoms with van der Waals surface area (Å²) in [7, 11) is 0. The van der Waals surface area contributed by atoms with Crippen LogP contribution >= 0.6 is 0 Å². The topological polar surface area (TPSA) is 140 Å². The molecule has 0 bridgehead atoms. The first-order valence-electron chi connectivity index (χ1n) is 19.5. The van der Waals surface area contributed by atoms with E-state index in [1.165, 1.54) is 10.6 Å². The number of hydrazine groups is 1. The molecule has 0 saturated carbocycles. The summed E-state index contributed by atoms with van der Waals surface area (Å²) in [4.78, 5) is 33.1. The Morgan fingerprint density at radius 1 is 0.644 bits per heavy atom. The van der Waals surface area contributed by atoms with E-state index in [1.807, 2.05) is 117 Å². The molecular formula is C48H48N4O7. The molecule has 0 fully saturated rings. The Balaban J connectivity index is 0.000000219. The molecule has 0 saturated heterocycles. The number of rotatable bonds is 17. The van der Waals surface area contributed by atoms with Gasteiger partial charge in [-0.05, 0) is 92.1 Å². The molecule has 0 atom stereocenters. The fourth-order valence-corrected chi connectivity index (χ4v) is 6.16. The van der Waals surface area contributed by atoms with Crippen molar-refractivity contribution in [3.63, 3.8) is 0 Å². The molecule has 5 aromatic carbocycles. The number of carboxylic acids is 1. The minimum absolute atomic E-state index is 0.199. The van der Waals surface area contributed by atoms with Crippen molar-refractivity contribution in [2.45, 2.75) is 46.6 Å². The highest BCUT2D eigenvalue weighted by atomic mass is 16.5. The number of carboxylic acid groups (broad SMARTS) is 1. The van der Waals surface area contributed by atoms with Crippen molar-refractivity contribution in [3.05, 3.63) is 179 Å². The van der Waals surface area contributed by atoms with Gasteiger partial charge in [0.05, 0.1) is 24.6 Å². The Morgan fingerprint density at radius 2 is 1.12 bits per heavy atom. The molecule has 0 radical (unpaired) electrons. The van der Waals surface area contributed by atoms with Crippen molar-refractivity contribution in [1.82, 2.24) is 20.4 Å². The van der Waals surface area contributed by atoms with Crippen molar-refractivity contribution in [2.24, 2.45) is 0 Å². The standard InChI is InChI=1S/C28H27N3O5.C20H21NO2/c1-20-25(29-28(36-20)23-12-6-3-7-13-23)15-16-35-24-14-8-9-21(17-24)18-31(19-26(32)33)30-27(34)22-10-4-2-5-11-22;1-3-16-8-7-11-18(14-16)22-13-12-19-15(2)23-20(21-19)17-9-5-4-6-10-17/h2-14,17H,15-16,18-19H2,1H3,(H,30,34)(H,32,33);4-11,14H,3,12-13H2,1-2H3. The van der Waals surface area contributed by atoms with Gasteiger partial charge in [0.15, 0.2) is 0 Å². The van der Waals surface area contributed by atoms with E-state index < -0.39 is 5.97 Å². The monoisotopic (exact) mass is 792 g/mol. The molecule has 7 aromatic rings. The van der Waals surface area contributed by atoms with Gasteiger partial charge < -0.3 is 23.4 Å². The second kappa shape index (κ2) is 21.0. The van der Waals surface area contributed by atoms with Crippen molar-refractivity contribution < 1.29 is 33.0 Å². The summed E-state index contributed by atoms with van der Waals surface area (Å²) in [6.07, 6.45) is 2.32. The fourth-order valence-electron chi connectivity index (χ4n) is 6.16. The van der Waals surface area contributed by atoms with E-state index in [4.69, 9.17) is 18.3 Å². The first-order valence-corrected chi connectivity index (χ1v) is 19.5. The van der Waals surface area contributed by atoms with Crippen LogP contribution in [-0.2, 0) is 30.6 Å². The molecule has 0 aliphatic carbocycles. The number of oxazole rings is 2. The number of hydrogen-bond donors (Lipinski definition) is 2. The number of hydrogen-bond acceptors (Lipinski definition) is 9. The van der Waals surface area contributed by atoms with Crippen LogP contribution in [0.1, 0.15) is 51.3 Å². The van der Waals surface area contributed by atoms with Gasteiger partial charge in [-0.15, -0.1) is 0 Å². The lowest BCUT2D eigenvalue weighted by Crippen LogP contribution is -2.44. The molecule has 2 heterocycles. The van der Waals surface area contributed by atoms with E-state index in [0.29, 0.717) is 42.7 Å². The van der Waals surface area contributed by atoms with Gasteiger partial charge in [-0.2, -0.15) is 0 Å². The zero-order valence-corrected chi connectivity index (χ0v) is 33.5. The molecule has 59 heavy (non-hydrogen) atoms. The van der Waals surface area contributed by atoms with E-state index >= 15 is 0 Å². The minimum Gasteiger partial charge on any atom is -0.493 e. The maximum absolute atomic E-state index is 12.5. The van der Waals surface area contributed by atoms with Crippen LogP contribution in [0.2, 0.25) is 0 Å². The molecule has 0 spiro atoms. The number of nitrogens with one attached hydrogen (secondary N) is 1. The summed E-state index contributed by atoms with van der Waals surface area (Å²) >= 11 is 0. The summed E-state index contributed by atoms with van der Waals surface area (Å²) < 4.78 is 23.4. The Morgan fingerprint density at radius 3 is 1.61 bits per heavy atom. The number of carbonyl (C=O) groups excluding carboxylic acids is 1. The first kappa shape index (κ1) is 41.6. The van der Waals surface area contributed by atoms with Crippen LogP contribution < -0.4 is 14.9 Å². The normalized spacial score (nSPS) is 10.8. The van der Waals surface area contributed by atoms with Crippen molar-refractivity contribution in [1.29, 1.82) is 0 Å². The zero-order chi connectivity index (χ0) is 41.4. The van der Waals surface area contributed by atoms with Crippen LogP contribution in [0.3, 0.4) is 0 Å².